The lowest BCUT2D eigenvalue weighted by Gasteiger charge is -2.07. The molecule has 2 nitrogen and oxygen atoms in total. The minimum absolute atomic E-state index is 0.500. The number of alkyl halides is 3. The molecule has 2 rings (SSSR count). The summed E-state index contributed by atoms with van der Waals surface area (Å²) in [5, 5.41) is 4.00. The van der Waals surface area contributed by atoms with Crippen LogP contribution in [-0.4, -0.2) is 12.5 Å². The van der Waals surface area contributed by atoms with Gasteiger partial charge in [-0.1, -0.05) is 12.1 Å². The van der Waals surface area contributed by atoms with E-state index in [4.69, 9.17) is 0 Å². The van der Waals surface area contributed by atoms with Crippen LogP contribution in [-0.2, 0) is 6.18 Å². The Morgan fingerprint density at radius 3 is 2.14 bits per heavy atom. The summed E-state index contributed by atoms with van der Waals surface area (Å²) in [5.74, 6) is 0. The van der Waals surface area contributed by atoms with Crippen LogP contribution in [0.25, 0.3) is 0 Å². The Morgan fingerprint density at radius 2 is 1.62 bits per heavy atom. The molecular formula is C15H13F3N2S. The fraction of sp³-hybridized carbons (Fsp3) is 0.133. The third-order valence-corrected chi connectivity index (χ3v) is 3.48. The van der Waals surface area contributed by atoms with Crippen LogP contribution in [0.4, 0.5) is 18.9 Å². The van der Waals surface area contributed by atoms with Crippen LogP contribution in [0.5, 0.6) is 0 Å². The van der Waals surface area contributed by atoms with E-state index in [1.54, 1.807) is 18.0 Å². The van der Waals surface area contributed by atoms with E-state index in [2.05, 4.69) is 10.5 Å². The molecule has 0 fully saturated rings. The maximum absolute atomic E-state index is 12.4. The predicted octanol–water partition coefficient (Wildman–Crippen LogP) is 4.87. The summed E-state index contributed by atoms with van der Waals surface area (Å²) in [6.07, 6.45) is -0.710. The molecule has 0 saturated heterocycles. The minimum atomic E-state index is -4.32. The SMILES string of the molecule is CSc1ccc(/C=N/Nc2ccc(C(F)(F)F)cc2)cc1. The molecule has 110 valence electrons. The van der Waals surface area contributed by atoms with Crippen LogP contribution < -0.4 is 5.43 Å². The molecule has 0 bridgehead atoms. The highest BCUT2D eigenvalue weighted by Gasteiger charge is 2.29. The van der Waals surface area contributed by atoms with Gasteiger partial charge in [-0.05, 0) is 48.2 Å². The molecule has 0 spiro atoms. The predicted molar refractivity (Wildman–Crippen MR) is 80.9 cm³/mol. The van der Waals surface area contributed by atoms with E-state index in [1.807, 2.05) is 30.5 Å². The van der Waals surface area contributed by atoms with Gasteiger partial charge in [-0.15, -0.1) is 11.8 Å². The summed E-state index contributed by atoms with van der Waals surface area (Å²) in [5.41, 5.74) is 3.43. The van der Waals surface area contributed by atoms with Gasteiger partial charge in [-0.3, -0.25) is 5.43 Å². The van der Waals surface area contributed by atoms with Crippen molar-refractivity contribution in [2.75, 3.05) is 11.7 Å². The Balaban J connectivity index is 1.97. The summed E-state index contributed by atoms with van der Waals surface area (Å²) >= 11 is 1.65. The molecule has 6 heteroatoms. The molecule has 0 aliphatic heterocycles. The molecule has 0 atom stereocenters. The van der Waals surface area contributed by atoms with E-state index in [1.165, 1.54) is 12.1 Å². The molecule has 0 aliphatic carbocycles. The lowest BCUT2D eigenvalue weighted by molar-refractivity contribution is -0.137. The summed E-state index contributed by atoms with van der Waals surface area (Å²) in [6.45, 7) is 0. The first kappa shape index (κ1) is 15.4. The highest BCUT2D eigenvalue weighted by molar-refractivity contribution is 7.98. The molecule has 0 amide bonds. The zero-order chi connectivity index (χ0) is 15.3. The maximum atomic E-state index is 12.4. The van der Waals surface area contributed by atoms with Gasteiger partial charge in [-0.2, -0.15) is 18.3 Å². The number of hydrogen-bond acceptors (Lipinski definition) is 3. The molecule has 0 unspecified atom stereocenters. The summed E-state index contributed by atoms with van der Waals surface area (Å²) in [6, 6.07) is 12.5. The first-order valence-corrected chi connectivity index (χ1v) is 7.32. The van der Waals surface area contributed by atoms with Crippen molar-refractivity contribution in [3.8, 4) is 0 Å². The van der Waals surface area contributed by atoms with Gasteiger partial charge >= 0.3 is 6.18 Å². The molecule has 0 saturated carbocycles. The quantitative estimate of drug-likeness (QED) is 0.495. The molecule has 2 aromatic carbocycles. The normalized spacial score (nSPS) is 11.8. The van der Waals surface area contributed by atoms with Gasteiger partial charge in [0.1, 0.15) is 0 Å². The van der Waals surface area contributed by atoms with Crippen molar-refractivity contribution in [2.24, 2.45) is 5.10 Å². The van der Waals surface area contributed by atoms with E-state index in [0.29, 0.717) is 5.69 Å². The van der Waals surface area contributed by atoms with E-state index in [0.717, 1.165) is 22.6 Å². The molecule has 21 heavy (non-hydrogen) atoms. The molecule has 0 aliphatic rings. The lowest BCUT2D eigenvalue weighted by atomic mass is 10.2. The van der Waals surface area contributed by atoms with Crippen molar-refractivity contribution < 1.29 is 13.2 Å². The summed E-state index contributed by atoms with van der Waals surface area (Å²) < 4.78 is 37.2. The van der Waals surface area contributed by atoms with Crippen LogP contribution in [0, 0.1) is 0 Å². The third kappa shape index (κ3) is 4.53. The number of rotatable bonds is 4. The smallest absolute Gasteiger partial charge is 0.279 e. The second kappa shape index (κ2) is 6.67. The van der Waals surface area contributed by atoms with E-state index < -0.39 is 11.7 Å². The number of nitrogens with zero attached hydrogens (tertiary/aromatic N) is 1. The maximum Gasteiger partial charge on any atom is 0.416 e. The highest BCUT2D eigenvalue weighted by atomic mass is 32.2. The Hall–Kier alpha value is -1.95. The number of nitrogens with one attached hydrogen (secondary N) is 1. The van der Waals surface area contributed by atoms with Gasteiger partial charge in [0, 0.05) is 4.90 Å². The standard InChI is InChI=1S/C15H13F3N2S/c1-21-14-8-2-11(3-9-14)10-19-20-13-6-4-12(5-7-13)15(16,17)18/h2-10,20H,1H3/b19-10+. The van der Waals surface area contributed by atoms with Gasteiger partial charge in [0.15, 0.2) is 0 Å². The molecule has 1 N–H and O–H groups in total. The molecule has 0 radical (unpaired) electrons. The Labute approximate surface area is 125 Å². The Morgan fingerprint density at radius 1 is 1.00 bits per heavy atom. The van der Waals surface area contributed by atoms with Crippen LogP contribution in [0.15, 0.2) is 58.5 Å². The van der Waals surface area contributed by atoms with Crippen molar-refractivity contribution in [1.29, 1.82) is 0 Å². The fourth-order valence-corrected chi connectivity index (χ4v) is 2.01. The molecule has 2 aromatic rings. The number of thioether (sulfide) groups is 1. The number of hydrazone groups is 1. The number of benzene rings is 2. The largest absolute Gasteiger partial charge is 0.416 e. The van der Waals surface area contributed by atoms with Crippen LogP contribution >= 0.6 is 11.8 Å². The third-order valence-electron chi connectivity index (χ3n) is 2.74. The monoisotopic (exact) mass is 310 g/mol. The van der Waals surface area contributed by atoms with Crippen molar-refractivity contribution in [1.82, 2.24) is 0 Å². The minimum Gasteiger partial charge on any atom is -0.279 e. The zero-order valence-corrected chi connectivity index (χ0v) is 12.0. The second-order valence-electron chi connectivity index (χ2n) is 4.22. The first-order valence-electron chi connectivity index (χ1n) is 6.09. The van der Waals surface area contributed by atoms with Gasteiger partial charge in [0.25, 0.3) is 0 Å². The molecular weight excluding hydrogens is 297 g/mol. The molecule has 0 heterocycles. The first-order chi connectivity index (χ1) is 9.99. The molecule has 0 aromatic heterocycles. The van der Waals surface area contributed by atoms with Crippen molar-refractivity contribution in [3.05, 3.63) is 59.7 Å². The van der Waals surface area contributed by atoms with Gasteiger partial charge in [-0.25, -0.2) is 0 Å². The number of halogens is 3. The Bertz CT molecular complexity index is 604. The van der Waals surface area contributed by atoms with Gasteiger partial charge in [0.2, 0.25) is 0 Å². The van der Waals surface area contributed by atoms with Crippen LogP contribution in [0.1, 0.15) is 11.1 Å². The average molecular weight is 310 g/mol. The topological polar surface area (TPSA) is 24.4 Å². The van der Waals surface area contributed by atoms with Crippen LogP contribution in [0.2, 0.25) is 0 Å². The highest BCUT2D eigenvalue weighted by Crippen LogP contribution is 2.29. The second-order valence-corrected chi connectivity index (χ2v) is 5.10. The van der Waals surface area contributed by atoms with Gasteiger partial charge in [0.05, 0.1) is 17.5 Å². The van der Waals surface area contributed by atoms with E-state index in [9.17, 15) is 13.2 Å². The van der Waals surface area contributed by atoms with Crippen molar-refractivity contribution in [3.63, 3.8) is 0 Å². The number of anilines is 1. The summed E-state index contributed by atoms with van der Waals surface area (Å²) in [7, 11) is 0. The Kier molecular flexibility index (Phi) is 4.90. The van der Waals surface area contributed by atoms with E-state index >= 15 is 0 Å². The van der Waals surface area contributed by atoms with E-state index in [-0.39, 0.29) is 0 Å². The average Bonchev–Trinajstić information content (AvgIpc) is 2.47. The van der Waals surface area contributed by atoms with Gasteiger partial charge < -0.3 is 0 Å². The van der Waals surface area contributed by atoms with Crippen molar-refractivity contribution in [2.45, 2.75) is 11.1 Å². The lowest BCUT2D eigenvalue weighted by Crippen LogP contribution is -2.04. The van der Waals surface area contributed by atoms with Crippen molar-refractivity contribution >= 4 is 23.7 Å². The zero-order valence-electron chi connectivity index (χ0n) is 11.2. The van der Waals surface area contributed by atoms with Crippen LogP contribution in [0.3, 0.4) is 0 Å². The summed E-state index contributed by atoms with van der Waals surface area (Å²) in [4.78, 5) is 1.16. The fourth-order valence-electron chi connectivity index (χ4n) is 1.61. The number of hydrogen-bond donors (Lipinski definition) is 1.